The Kier molecular flexibility index (Phi) is 3.54. The molecule has 3 nitrogen and oxygen atoms in total. The number of amides is 1. The number of hydrogen-bond donors (Lipinski definition) is 2. The van der Waals surface area contributed by atoms with Crippen LogP contribution in [0.15, 0.2) is 66.7 Å². The predicted molar refractivity (Wildman–Crippen MR) is 98.2 cm³/mol. The topological polar surface area (TPSA) is 44.9 Å². The van der Waals surface area contributed by atoms with Crippen LogP contribution in [0.2, 0.25) is 0 Å². The van der Waals surface area contributed by atoms with Gasteiger partial charge in [-0.15, -0.1) is 0 Å². The molecule has 0 spiro atoms. The highest BCUT2D eigenvalue weighted by Crippen LogP contribution is 2.19. The summed E-state index contributed by atoms with van der Waals surface area (Å²) in [5.74, 6) is -0.0443. The van der Waals surface area contributed by atoms with Crippen molar-refractivity contribution in [3.8, 4) is 0 Å². The molecule has 0 radical (unpaired) electrons. The summed E-state index contributed by atoms with van der Waals surface area (Å²) in [6.07, 6.45) is 0. The van der Waals surface area contributed by atoms with Crippen molar-refractivity contribution in [2.75, 3.05) is 0 Å². The molecule has 0 aliphatic carbocycles. The first kappa shape index (κ1) is 14.5. The van der Waals surface area contributed by atoms with Gasteiger partial charge in [-0.1, -0.05) is 42.5 Å². The van der Waals surface area contributed by atoms with Gasteiger partial charge in [0.2, 0.25) is 0 Å². The Morgan fingerprint density at radius 3 is 2.71 bits per heavy atom. The molecule has 0 atom stereocenters. The number of aromatic amines is 1. The van der Waals surface area contributed by atoms with E-state index in [4.69, 9.17) is 0 Å². The third-order valence-corrected chi connectivity index (χ3v) is 4.31. The third kappa shape index (κ3) is 2.65. The average molecular weight is 314 g/mol. The van der Waals surface area contributed by atoms with Crippen LogP contribution in [0.5, 0.6) is 0 Å². The number of rotatable bonds is 3. The van der Waals surface area contributed by atoms with Gasteiger partial charge in [0.1, 0.15) is 0 Å². The molecular weight excluding hydrogens is 296 g/mol. The molecule has 0 saturated carbocycles. The maximum Gasteiger partial charge on any atom is 0.252 e. The molecule has 118 valence electrons. The molecule has 0 aliphatic rings. The van der Waals surface area contributed by atoms with Gasteiger partial charge in [-0.05, 0) is 52.9 Å². The molecule has 3 aromatic carbocycles. The van der Waals surface area contributed by atoms with Gasteiger partial charge in [-0.2, -0.15) is 0 Å². The second kappa shape index (κ2) is 5.85. The zero-order valence-electron chi connectivity index (χ0n) is 13.5. The van der Waals surface area contributed by atoms with Crippen molar-refractivity contribution in [2.45, 2.75) is 13.5 Å². The van der Waals surface area contributed by atoms with Gasteiger partial charge in [-0.25, -0.2) is 0 Å². The van der Waals surface area contributed by atoms with E-state index < -0.39 is 0 Å². The minimum absolute atomic E-state index is 0.0443. The summed E-state index contributed by atoms with van der Waals surface area (Å²) in [7, 11) is 0. The summed E-state index contributed by atoms with van der Waals surface area (Å²) in [4.78, 5) is 15.9. The Balaban J connectivity index is 1.56. The second-order valence-electron chi connectivity index (χ2n) is 6.08. The number of aryl methyl sites for hydroxylation is 1. The molecule has 1 heterocycles. The smallest absolute Gasteiger partial charge is 0.252 e. The summed E-state index contributed by atoms with van der Waals surface area (Å²) < 4.78 is 0. The van der Waals surface area contributed by atoms with Gasteiger partial charge in [0.25, 0.3) is 5.91 Å². The summed E-state index contributed by atoms with van der Waals surface area (Å²) in [5, 5.41) is 6.26. The first-order chi connectivity index (χ1) is 11.7. The number of aromatic nitrogens is 1. The lowest BCUT2D eigenvalue weighted by Crippen LogP contribution is -2.22. The molecule has 0 unspecified atom stereocenters. The van der Waals surface area contributed by atoms with Crippen molar-refractivity contribution >= 4 is 27.6 Å². The molecule has 0 saturated heterocycles. The number of carbonyl (C=O) groups is 1. The van der Waals surface area contributed by atoms with Crippen molar-refractivity contribution in [1.82, 2.24) is 10.3 Å². The minimum atomic E-state index is -0.0443. The molecule has 2 N–H and O–H groups in total. The minimum Gasteiger partial charge on any atom is -0.359 e. The van der Waals surface area contributed by atoms with Crippen molar-refractivity contribution in [1.29, 1.82) is 0 Å². The molecule has 0 fully saturated rings. The normalized spacial score (nSPS) is 11.0. The van der Waals surface area contributed by atoms with Crippen LogP contribution in [0.3, 0.4) is 0 Å². The van der Waals surface area contributed by atoms with E-state index in [9.17, 15) is 4.79 Å². The Labute approximate surface area is 140 Å². The SMILES string of the molecule is Cc1cc2cc(CNC(=O)c3cccc4ccccc34)ccc2[nH]1. The fraction of sp³-hybridized carbons (Fsp3) is 0.0952. The monoisotopic (exact) mass is 314 g/mol. The molecule has 1 amide bonds. The zero-order valence-corrected chi connectivity index (χ0v) is 13.5. The van der Waals surface area contributed by atoms with Crippen molar-refractivity contribution in [3.05, 3.63) is 83.6 Å². The van der Waals surface area contributed by atoms with Crippen LogP contribution in [-0.4, -0.2) is 10.9 Å². The maximum absolute atomic E-state index is 12.6. The molecular formula is C21H18N2O. The first-order valence-electron chi connectivity index (χ1n) is 8.05. The molecule has 3 heteroatoms. The van der Waals surface area contributed by atoms with Crippen molar-refractivity contribution in [3.63, 3.8) is 0 Å². The Morgan fingerprint density at radius 1 is 0.958 bits per heavy atom. The van der Waals surface area contributed by atoms with E-state index in [2.05, 4.69) is 28.5 Å². The lowest BCUT2D eigenvalue weighted by molar-refractivity contribution is 0.0952. The fourth-order valence-corrected chi connectivity index (χ4v) is 3.14. The number of nitrogens with one attached hydrogen (secondary N) is 2. The van der Waals surface area contributed by atoms with E-state index >= 15 is 0 Å². The Bertz CT molecular complexity index is 1040. The molecule has 4 aromatic rings. The van der Waals surface area contributed by atoms with Crippen LogP contribution in [-0.2, 0) is 6.54 Å². The maximum atomic E-state index is 12.6. The third-order valence-electron chi connectivity index (χ3n) is 4.31. The predicted octanol–water partition coefficient (Wildman–Crippen LogP) is 4.56. The Morgan fingerprint density at radius 2 is 1.79 bits per heavy atom. The summed E-state index contributed by atoms with van der Waals surface area (Å²) in [6, 6.07) is 22.1. The van der Waals surface area contributed by atoms with Crippen LogP contribution in [0.4, 0.5) is 0 Å². The summed E-state index contributed by atoms with van der Waals surface area (Å²) in [5.41, 5.74) is 4.07. The first-order valence-corrected chi connectivity index (χ1v) is 8.05. The number of fused-ring (bicyclic) bond motifs is 2. The average Bonchev–Trinajstić information content (AvgIpc) is 2.98. The van der Waals surface area contributed by atoms with Crippen LogP contribution in [0.1, 0.15) is 21.6 Å². The number of benzene rings is 3. The van der Waals surface area contributed by atoms with Crippen LogP contribution < -0.4 is 5.32 Å². The van der Waals surface area contributed by atoms with Crippen LogP contribution in [0.25, 0.3) is 21.7 Å². The summed E-state index contributed by atoms with van der Waals surface area (Å²) in [6.45, 7) is 2.56. The molecule has 24 heavy (non-hydrogen) atoms. The number of carbonyl (C=O) groups excluding carboxylic acids is 1. The highest BCUT2D eigenvalue weighted by atomic mass is 16.1. The van der Waals surface area contributed by atoms with Gasteiger partial charge < -0.3 is 10.3 Å². The van der Waals surface area contributed by atoms with Gasteiger partial charge >= 0.3 is 0 Å². The van der Waals surface area contributed by atoms with Gasteiger partial charge in [0.05, 0.1) is 0 Å². The largest absolute Gasteiger partial charge is 0.359 e. The van der Waals surface area contributed by atoms with Crippen molar-refractivity contribution < 1.29 is 4.79 Å². The van der Waals surface area contributed by atoms with E-state index in [1.54, 1.807) is 0 Å². The van der Waals surface area contributed by atoms with Gasteiger partial charge in [0, 0.05) is 23.3 Å². The highest BCUT2D eigenvalue weighted by molar-refractivity contribution is 6.07. The fourth-order valence-electron chi connectivity index (χ4n) is 3.14. The van der Waals surface area contributed by atoms with Crippen molar-refractivity contribution in [2.24, 2.45) is 0 Å². The van der Waals surface area contributed by atoms with E-state index in [1.807, 2.05) is 55.5 Å². The van der Waals surface area contributed by atoms with Gasteiger partial charge in [0.15, 0.2) is 0 Å². The second-order valence-corrected chi connectivity index (χ2v) is 6.08. The van der Waals surface area contributed by atoms with Crippen LogP contribution in [0, 0.1) is 6.92 Å². The lowest BCUT2D eigenvalue weighted by atomic mass is 10.0. The standard InChI is InChI=1S/C21H18N2O/c1-14-11-17-12-15(9-10-20(17)23-14)13-22-21(24)19-8-4-6-16-5-2-3-7-18(16)19/h2-12,23H,13H2,1H3,(H,22,24). The molecule has 0 aliphatic heterocycles. The lowest BCUT2D eigenvalue weighted by Gasteiger charge is -2.08. The Hall–Kier alpha value is -3.07. The number of H-pyrrole nitrogens is 1. The van der Waals surface area contributed by atoms with E-state index in [0.717, 1.165) is 27.5 Å². The van der Waals surface area contributed by atoms with E-state index in [0.29, 0.717) is 12.1 Å². The quantitative estimate of drug-likeness (QED) is 0.572. The molecule has 1 aromatic heterocycles. The summed E-state index contributed by atoms with van der Waals surface area (Å²) >= 11 is 0. The van der Waals surface area contributed by atoms with E-state index in [-0.39, 0.29) is 5.91 Å². The number of hydrogen-bond acceptors (Lipinski definition) is 1. The molecule has 0 bridgehead atoms. The van der Waals surface area contributed by atoms with Gasteiger partial charge in [-0.3, -0.25) is 4.79 Å². The highest BCUT2D eigenvalue weighted by Gasteiger charge is 2.09. The zero-order chi connectivity index (χ0) is 16.5. The van der Waals surface area contributed by atoms with E-state index in [1.165, 1.54) is 5.39 Å². The molecule has 4 rings (SSSR count). The van der Waals surface area contributed by atoms with Crippen LogP contribution >= 0.6 is 0 Å².